The van der Waals surface area contributed by atoms with Crippen LogP contribution in [0.1, 0.15) is 21.7 Å². The summed E-state index contributed by atoms with van der Waals surface area (Å²) in [6.07, 6.45) is 0. The predicted octanol–water partition coefficient (Wildman–Crippen LogP) is 3.63. The van der Waals surface area contributed by atoms with Gasteiger partial charge in [0.05, 0.1) is 5.01 Å². The molecule has 0 atom stereocenters. The Bertz CT molecular complexity index is 518. The molecular weight excluding hydrogens is 216 g/mol. The maximum Gasteiger partial charge on any atom is 0.114 e. The number of nitrogens with two attached hydrogens (primary N) is 1. The standard InChI is InChI=1S/C13H16N2S/c1-7-5-8(2)11(9(3)6-7)12-13(14)16-10(4)15-12/h5-6H,14H2,1-4H3. The molecule has 2 N–H and O–H groups in total. The first-order chi connectivity index (χ1) is 7.49. The summed E-state index contributed by atoms with van der Waals surface area (Å²) >= 11 is 1.55. The van der Waals surface area contributed by atoms with E-state index < -0.39 is 0 Å². The Labute approximate surface area is 100 Å². The van der Waals surface area contributed by atoms with Gasteiger partial charge in [0.2, 0.25) is 0 Å². The first-order valence-corrected chi connectivity index (χ1v) is 6.12. The lowest BCUT2D eigenvalue weighted by Crippen LogP contribution is -1.93. The van der Waals surface area contributed by atoms with Gasteiger partial charge in [0, 0.05) is 5.56 Å². The molecule has 0 aliphatic heterocycles. The summed E-state index contributed by atoms with van der Waals surface area (Å²) in [6.45, 7) is 8.33. The second-order valence-electron chi connectivity index (χ2n) is 4.22. The molecule has 0 saturated carbocycles. The van der Waals surface area contributed by atoms with Crippen LogP contribution in [0.25, 0.3) is 11.3 Å². The van der Waals surface area contributed by atoms with Crippen LogP contribution < -0.4 is 5.73 Å². The number of rotatable bonds is 1. The van der Waals surface area contributed by atoms with E-state index in [4.69, 9.17) is 5.73 Å². The minimum atomic E-state index is 0.813. The fourth-order valence-corrected chi connectivity index (χ4v) is 2.88. The fraction of sp³-hybridized carbons (Fsp3) is 0.308. The molecule has 0 aliphatic rings. The molecule has 2 nitrogen and oxygen atoms in total. The quantitative estimate of drug-likeness (QED) is 0.815. The minimum absolute atomic E-state index is 0.813. The van der Waals surface area contributed by atoms with Gasteiger partial charge in [-0.1, -0.05) is 17.7 Å². The van der Waals surface area contributed by atoms with E-state index in [9.17, 15) is 0 Å². The summed E-state index contributed by atoms with van der Waals surface area (Å²) in [6, 6.07) is 4.35. The van der Waals surface area contributed by atoms with Gasteiger partial charge in [-0.25, -0.2) is 4.98 Å². The fourth-order valence-electron chi connectivity index (χ4n) is 2.18. The molecule has 84 valence electrons. The third-order valence-electron chi connectivity index (χ3n) is 2.67. The molecule has 16 heavy (non-hydrogen) atoms. The molecular formula is C13H16N2S. The van der Waals surface area contributed by atoms with E-state index in [2.05, 4.69) is 37.9 Å². The summed E-state index contributed by atoms with van der Waals surface area (Å²) < 4.78 is 0. The molecule has 0 bridgehead atoms. The lowest BCUT2D eigenvalue weighted by atomic mass is 9.97. The van der Waals surface area contributed by atoms with Crippen LogP contribution in [0.4, 0.5) is 5.00 Å². The van der Waals surface area contributed by atoms with Crippen molar-refractivity contribution in [2.75, 3.05) is 5.73 Å². The zero-order valence-corrected chi connectivity index (χ0v) is 10.9. The zero-order chi connectivity index (χ0) is 11.9. The highest BCUT2D eigenvalue weighted by molar-refractivity contribution is 7.16. The lowest BCUT2D eigenvalue weighted by molar-refractivity contribution is 1.25. The second kappa shape index (κ2) is 3.91. The zero-order valence-electron chi connectivity index (χ0n) is 10.1. The maximum absolute atomic E-state index is 6.01. The Balaban J connectivity index is 2.69. The van der Waals surface area contributed by atoms with E-state index in [-0.39, 0.29) is 0 Å². The molecule has 0 amide bonds. The Kier molecular flexibility index (Phi) is 2.72. The summed E-state index contributed by atoms with van der Waals surface area (Å²) in [5.74, 6) is 0. The number of anilines is 1. The molecule has 0 fully saturated rings. The van der Waals surface area contributed by atoms with Crippen molar-refractivity contribution in [3.63, 3.8) is 0 Å². The van der Waals surface area contributed by atoms with Gasteiger partial charge >= 0.3 is 0 Å². The molecule has 0 radical (unpaired) electrons. The first-order valence-electron chi connectivity index (χ1n) is 5.30. The number of aryl methyl sites for hydroxylation is 4. The molecule has 0 aliphatic carbocycles. The summed E-state index contributed by atoms with van der Waals surface area (Å²) in [5, 5.41) is 1.83. The van der Waals surface area contributed by atoms with Gasteiger partial charge in [0.15, 0.2) is 0 Å². The Hall–Kier alpha value is -1.35. The number of hydrogen-bond acceptors (Lipinski definition) is 3. The van der Waals surface area contributed by atoms with Crippen molar-refractivity contribution >= 4 is 16.3 Å². The van der Waals surface area contributed by atoms with E-state index in [1.54, 1.807) is 11.3 Å². The van der Waals surface area contributed by atoms with E-state index in [0.717, 1.165) is 15.7 Å². The van der Waals surface area contributed by atoms with Crippen molar-refractivity contribution in [3.8, 4) is 11.3 Å². The van der Waals surface area contributed by atoms with Crippen molar-refractivity contribution in [3.05, 3.63) is 33.8 Å². The molecule has 1 aromatic heterocycles. The van der Waals surface area contributed by atoms with Gasteiger partial charge in [0.1, 0.15) is 10.7 Å². The molecule has 0 saturated heterocycles. The SMILES string of the molecule is Cc1cc(C)c(-c2nc(C)sc2N)c(C)c1. The first kappa shape index (κ1) is 11.1. The third kappa shape index (κ3) is 1.83. The number of benzene rings is 1. The van der Waals surface area contributed by atoms with Crippen molar-refractivity contribution < 1.29 is 0 Å². The summed E-state index contributed by atoms with van der Waals surface area (Å²) in [5.41, 5.74) is 11.9. The van der Waals surface area contributed by atoms with Crippen molar-refractivity contribution in [2.24, 2.45) is 0 Å². The van der Waals surface area contributed by atoms with Crippen molar-refractivity contribution in [1.29, 1.82) is 0 Å². The van der Waals surface area contributed by atoms with Crippen LogP contribution in [0.5, 0.6) is 0 Å². The van der Waals surface area contributed by atoms with Gasteiger partial charge in [0.25, 0.3) is 0 Å². The summed E-state index contributed by atoms with van der Waals surface area (Å²) in [7, 11) is 0. The minimum Gasteiger partial charge on any atom is -0.389 e. The van der Waals surface area contributed by atoms with Crippen LogP contribution in [0.15, 0.2) is 12.1 Å². The molecule has 0 unspecified atom stereocenters. The molecule has 3 heteroatoms. The largest absolute Gasteiger partial charge is 0.389 e. The number of thiazole rings is 1. The number of nitrogen functional groups attached to an aromatic ring is 1. The average Bonchev–Trinajstić information content (AvgIpc) is 2.43. The van der Waals surface area contributed by atoms with E-state index >= 15 is 0 Å². The van der Waals surface area contributed by atoms with Gasteiger partial charge in [-0.2, -0.15) is 0 Å². The topological polar surface area (TPSA) is 38.9 Å². The normalized spacial score (nSPS) is 10.8. The molecule has 2 rings (SSSR count). The molecule has 0 spiro atoms. The van der Waals surface area contributed by atoms with Crippen LogP contribution in [-0.2, 0) is 0 Å². The number of hydrogen-bond donors (Lipinski definition) is 1. The van der Waals surface area contributed by atoms with Crippen molar-refractivity contribution in [1.82, 2.24) is 4.98 Å². The third-order valence-corrected chi connectivity index (χ3v) is 3.47. The van der Waals surface area contributed by atoms with Crippen LogP contribution in [0, 0.1) is 27.7 Å². The van der Waals surface area contributed by atoms with E-state index in [1.807, 2.05) is 6.92 Å². The molecule has 1 heterocycles. The predicted molar refractivity (Wildman–Crippen MR) is 70.9 cm³/mol. The van der Waals surface area contributed by atoms with Gasteiger partial charge in [-0.15, -0.1) is 11.3 Å². The smallest absolute Gasteiger partial charge is 0.114 e. The average molecular weight is 232 g/mol. The highest BCUT2D eigenvalue weighted by Gasteiger charge is 2.13. The second-order valence-corrected chi connectivity index (χ2v) is 5.45. The van der Waals surface area contributed by atoms with Gasteiger partial charge in [-0.3, -0.25) is 0 Å². The van der Waals surface area contributed by atoms with Crippen LogP contribution in [0.3, 0.4) is 0 Å². The van der Waals surface area contributed by atoms with E-state index in [0.29, 0.717) is 0 Å². The number of nitrogens with zero attached hydrogens (tertiary/aromatic N) is 1. The van der Waals surface area contributed by atoms with Crippen molar-refractivity contribution in [2.45, 2.75) is 27.7 Å². The Morgan fingerprint density at radius 3 is 2.06 bits per heavy atom. The maximum atomic E-state index is 6.01. The molecule has 2 aromatic rings. The lowest BCUT2D eigenvalue weighted by Gasteiger charge is -2.09. The highest BCUT2D eigenvalue weighted by Crippen LogP contribution is 2.34. The van der Waals surface area contributed by atoms with Crippen LogP contribution in [-0.4, -0.2) is 4.98 Å². The number of aromatic nitrogens is 1. The molecule has 1 aromatic carbocycles. The Morgan fingerprint density at radius 2 is 1.62 bits per heavy atom. The monoisotopic (exact) mass is 232 g/mol. The highest BCUT2D eigenvalue weighted by atomic mass is 32.1. The van der Waals surface area contributed by atoms with E-state index in [1.165, 1.54) is 22.3 Å². The van der Waals surface area contributed by atoms with Crippen LogP contribution >= 0.6 is 11.3 Å². The van der Waals surface area contributed by atoms with Crippen LogP contribution in [0.2, 0.25) is 0 Å². The summed E-state index contributed by atoms with van der Waals surface area (Å²) in [4.78, 5) is 4.53. The van der Waals surface area contributed by atoms with Gasteiger partial charge in [-0.05, 0) is 38.8 Å². The van der Waals surface area contributed by atoms with Gasteiger partial charge < -0.3 is 5.73 Å². The Morgan fingerprint density at radius 1 is 1.06 bits per heavy atom.